The molecule has 0 aliphatic rings. The number of aromatic nitrogens is 2. The maximum atomic E-state index is 11.1. The maximum absolute atomic E-state index is 11.1. The van der Waals surface area contributed by atoms with E-state index in [-0.39, 0.29) is 0 Å². The summed E-state index contributed by atoms with van der Waals surface area (Å²) in [5.41, 5.74) is 7.40. The van der Waals surface area contributed by atoms with Gasteiger partial charge in [0.25, 0.3) is 0 Å². The maximum Gasteiger partial charge on any atom is 0.248 e. The van der Waals surface area contributed by atoms with Gasteiger partial charge >= 0.3 is 0 Å². The summed E-state index contributed by atoms with van der Waals surface area (Å²) in [6.07, 6.45) is 1.75. The van der Waals surface area contributed by atoms with Gasteiger partial charge in [-0.2, -0.15) is 5.10 Å². The summed E-state index contributed by atoms with van der Waals surface area (Å²) in [4.78, 5) is 11.1. The molecule has 1 amide bonds. The van der Waals surface area contributed by atoms with Crippen molar-refractivity contribution in [3.63, 3.8) is 0 Å². The number of nitrogens with zero attached hydrogens (tertiary/aromatic N) is 2. The second kappa shape index (κ2) is 5.75. The third-order valence-corrected chi connectivity index (χ3v) is 3.14. The average molecular weight is 279 g/mol. The predicted molar refractivity (Wildman–Crippen MR) is 75.2 cm³/mol. The van der Waals surface area contributed by atoms with Gasteiger partial charge in [0.15, 0.2) is 0 Å². The molecule has 0 spiro atoms. The van der Waals surface area contributed by atoms with Gasteiger partial charge in [-0.15, -0.1) is 0 Å². The monoisotopic (exact) mass is 278 g/mol. The number of nitrogens with two attached hydrogens (primary N) is 1. The molecule has 0 radical (unpaired) electrons. The van der Waals surface area contributed by atoms with E-state index in [9.17, 15) is 4.79 Å². The highest BCUT2D eigenvalue weighted by Gasteiger charge is 2.07. The lowest BCUT2D eigenvalue weighted by Gasteiger charge is -2.10. The van der Waals surface area contributed by atoms with E-state index in [0.717, 1.165) is 12.2 Å². The third kappa shape index (κ3) is 3.06. The van der Waals surface area contributed by atoms with Crippen molar-refractivity contribution in [1.29, 1.82) is 0 Å². The molecular formula is C13H15ClN4O. The Hall–Kier alpha value is -2.01. The summed E-state index contributed by atoms with van der Waals surface area (Å²) in [6, 6.07) is 6.84. The summed E-state index contributed by atoms with van der Waals surface area (Å²) in [5.74, 6) is -0.474. The summed E-state index contributed by atoms with van der Waals surface area (Å²) in [6.45, 7) is 3.41. The molecule has 0 atom stereocenters. The van der Waals surface area contributed by atoms with Gasteiger partial charge in [-0.3, -0.25) is 9.48 Å². The summed E-state index contributed by atoms with van der Waals surface area (Å²) >= 11 is 6.08. The number of amides is 1. The Morgan fingerprint density at radius 3 is 2.95 bits per heavy atom. The predicted octanol–water partition coefficient (Wildman–Crippen LogP) is 2.27. The lowest BCUT2D eigenvalue weighted by Crippen LogP contribution is -2.12. The number of carbonyl (C=O) groups excluding carboxylic acids is 1. The number of carbonyl (C=O) groups is 1. The Kier molecular flexibility index (Phi) is 4.06. The minimum Gasteiger partial charge on any atom is -0.378 e. The van der Waals surface area contributed by atoms with E-state index in [1.807, 2.05) is 17.7 Å². The fourth-order valence-electron chi connectivity index (χ4n) is 1.79. The third-order valence-electron chi connectivity index (χ3n) is 2.81. The first-order chi connectivity index (χ1) is 9.11. The fraction of sp³-hybridized carbons (Fsp3) is 0.231. The van der Waals surface area contributed by atoms with Crippen LogP contribution in [0.2, 0.25) is 5.02 Å². The first-order valence-corrected chi connectivity index (χ1v) is 6.33. The number of nitrogens with one attached hydrogen (secondary N) is 1. The Bertz CT molecular complexity index is 594. The van der Waals surface area contributed by atoms with E-state index in [4.69, 9.17) is 17.3 Å². The van der Waals surface area contributed by atoms with Gasteiger partial charge in [0.05, 0.1) is 22.9 Å². The van der Waals surface area contributed by atoms with Gasteiger partial charge in [-0.05, 0) is 31.2 Å². The molecule has 1 aromatic heterocycles. The van der Waals surface area contributed by atoms with Gasteiger partial charge < -0.3 is 11.1 Å². The highest BCUT2D eigenvalue weighted by Crippen LogP contribution is 2.23. The van der Waals surface area contributed by atoms with Crippen LogP contribution in [-0.4, -0.2) is 15.7 Å². The van der Waals surface area contributed by atoms with Gasteiger partial charge in [0.1, 0.15) is 0 Å². The number of primary amides is 1. The molecular weight excluding hydrogens is 264 g/mol. The molecule has 2 rings (SSSR count). The number of halogens is 1. The average Bonchev–Trinajstić information content (AvgIpc) is 2.85. The Balaban J connectivity index is 2.15. The van der Waals surface area contributed by atoms with E-state index in [1.54, 1.807) is 24.4 Å². The van der Waals surface area contributed by atoms with Crippen LogP contribution in [0.3, 0.4) is 0 Å². The van der Waals surface area contributed by atoms with E-state index in [1.165, 1.54) is 0 Å². The summed E-state index contributed by atoms with van der Waals surface area (Å²) in [5, 5.41) is 7.92. The molecule has 6 heteroatoms. The lowest BCUT2D eigenvalue weighted by atomic mass is 10.2. The standard InChI is InChI=1S/C13H15ClN4O/c1-2-18-10(5-6-17-18)8-16-12-7-9(13(15)19)3-4-11(12)14/h3-7,16H,2,8H2,1H3,(H2,15,19). The van der Waals surface area contributed by atoms with E-state index in [0.29, 0.717) is 22.8 Å². The van der Waals surface area contributed by atoms with Crippen molar-refractivity contribution in [2.24, 2.45) is 5.73 Å². The van der Waals surface area contributed by atoms with Crippen molar-refractivity contribution >= 4 is 23.2 Å². The summed E-state index contributed by atoms with van der Waals surface area (Å²) in [7, 11) is 0. The van der Waals surface area contributed by atoms with Crippen LogP contribution in [-0.2, 0) is 13.1 Å². The number of aryl methyl sites for hydroxylation is 1. The van der Waals surface area contributed by atoms with Crippen LogP contribution in [0.25, 0.3) is 0 Å². The highest BCUT2D eigenvalue weighted by molar-refractivity contribution is 6.33. The number of anilines is 1. The van der Waals surface area contributed by atoms with Crippen LogP contribution < -0.4 is 11.1 Å². The SMILES string of the molecule is CCn1nccc1CNc1cc(C(N)=O)ccc1Cl. The smallest absolute Gasteiger partial charge is 0.248 e. The van der Waals surface area contributed by atoms with E-state index < -0.39 is 5.91 Å². The number of benzene rings is 1. The fourth-order valence-corrected chi connectivity index (χ4v) is 1.98. The van der Waals surface area contributed by atoms with Gasteiger partial charge in [0.2, 0.25) is 5.91 Å². The Morgan fingerprint density at radius 2 is 2.26 bits per heavy atom. The van der Waals surface area contributed by atoms with Crippen molar-refractivity contribution in [2.75, 3.05) is 5.32 Å². The minimum absolute atomic E-state index is 0.427. The topological polar surface area (TPSA) is 72.9 Å². The summed E-state index contributed by atoms with van der Waals surface area (Å²) < 4.78 is 1.89. The second-order valence-corrected chi connectivity index (χ2v) is 4.46. The molecule has 2 aromatic rings. The zero-order chi connectivity index (χ0) is 13.8. The molecule has 0 saturated heterocycles. The molecule has 0 aliphatic carbocycles. The molecule has 1 heterocycles. The number of hydrogen-bond donors (Lipinski definition) is 2. The zero-order valence-corrected chi connectivity index (χ0v) is 11.3. The molecule has 3 N–H and O–H groups in total. The first kappa shape index (κ1) is 13.4. The molecule has 0 aliphatic heterocycles. The Labute approximate surface area is 116 Å². The van der Waals surface area contributed by atoms with Crippen molar-refractivity contribution < 1.29 is 4.79 Å². The van der Waals surface area contributed by atoms with Crippen LogP contribution in [0.4, 0.5) is 5.69 Å². The van der Waals surface area contributed by atoms with Crippen LogP contribution in [0.1, 0.15) is 23.0 Å². The van der Waals surface area contributed by atoms with Crippen LogP contribution in [0.15, 0.2) is 30.5 Å². The largest absolute Gasteiger partial charge is 0.378 e. The normalized spacial score (nSPS) is 10.4. The van der Waals surface area contributed by atoms with Gasteiger partial charge in [-0.25, -0.2) is 0 Å². The van der Waals surface area contributed by atoms with E-state index in [2.05, 4.69) is 10.4 Å². The van der Waals surface area contributed by atoms with Crippen molar-refractivity contribution in [3.05, 3.63) is 46.7 Å². The molecule has 0 unspecified atom stereocenters. The Morgan fingerprint density at radius 1 is 1.47 bits per heavy atom. The van der Waals surface area contributed by atoms with Crippen molar-refractivity contribution in [2.45, 2.75) is 20.0 Å². The second-order valence-electron chi connectivity index (χ2n) is 4.05. The molecule has 0 saturated carbocycles. The molecule has 0 bridgehead atoms. The van der Waals surface area contributed by atoms with Crippen LogP contribution in [0.5, 0.6) is 0 Å². The van der Waals surface area contributed by atoms with Crippen LogP contribution in [0, 0.1) is 0 Å². The number of hydrogen-bond acceptors (Lipinski definition) is 3. The molecule has 1 aromatic carbocycles. The van der Waals surface area contributed by atoms with Crippen LogP contribution >= 0.6 is 11.6 Å². The molecule has 100 valence electrons. The van der Waals surface area contributed by atoms with Crippen molar-refractivity contribution in [1.82, 2.24) is 9.78 Å². The molecule has 19 heavy (non-hydrogen) atoms. The molecule has 5 nitrogen and oxygen atoms in total. The quantitative estimate of drug-likeness (QED) is 0.881. The highest BCUT2D eigenvalue weighted by atomic mass is 35.5. The zero-order valence-electron chi connectivity index (χ0n) is 10.6. The lowest BCUT2D eigenvalue weighted by molar-refractivity contribution is 0.100. The number of rotatable bonds is 5. The van der Waals surface area contributed by atoms with E-state index >= 15 is 0 Å². The van der Waals surface area contributed by atoms with Gasteiger partial charge in [0, 0.05) is 18.3 Å². The molecule has 0 fully saturated rings. The van der Waals surface area contributed by atoms with Gasteiger partial charge in [-0.1, -0.05) is 11.6 Å². The first-order valence-electron chi connectivity index (χ1n) is 5.95. The van der Waals surface area contributed by atoms with Crippen molar-refractivity contribution in [3.8, 4) is 0 Å². The minimum atomic E-state index is -0.474.